The zero-order valence-electron chi connectivity index (χ0n) is 20.6. The van der Waals surface area contributed by atoms with Gasteiger partial charge < -0.3 is 11.1 Å². The maximum atomic E-state index is 15.1. The van der Waals surface area contributed by atoms with Gasteiger partial charge in [-0.3, -0.25) is 0 Å². The SMILES string of the molecule is CCCNc1ccc(-c2ccc(-c3ccc(C4CCC(C(N)CC)CC4)cc3)c(F)c2)c(F)c1F. The minimum Gasteiger partial charge on any atom is -0.383 e. The Morgan fingerprint density at radius 3 is 2.11 bits per heavy atom. The number of halogens is 3. The molecule has 1 saturated carbocycles. The normalized spacial score (nSPS) is 18.9. The summed E-state index contributed by atoms with van der Waals surface area (Å²) in [7, 11) is 0. The van der Waals surface area contributed by atoms with Crippen molar-refractivity contribution < 1.29 is 13.2 Å². The Morgan fingerprint density at radius 2 is 1.49 bits per heavy atom. The van der Waals surface area contributed by atoms with E-state index in [1.54, 1.807) is 12.1 Å². The zero-order chi connectivity index (χ0) is 24.9. The largest absolute Gasteiger partial charge is 0.383 e. The van der Waals surface area contributed by atoms with Crippen LogP contribution in [-0.2, 0) is 0 Å². The van der Waals surface area contributed by atoms with Crippen LogP contribution in [0.15, 0.2) is 54.6 Å². The van der Waals surface area contributed by atoms with Crippen molar-refractivity contribution in [1.82, 2.24) is 0 Å². The first-order valence-electron chi connectivity index (χ1n) is 12.8. The Morgan fingerprint density at radius 1 is 0.829 bits per heavy atom. The van der Waals surface area contributed by atoms with Crippen LogP contribution in [-0.4, -0.2) is 12.6 Å². The topological polar surface area (TPSA) is 38.0 Å². The predicted molar refractivity (Wildman–Crippen MR) is 139 cm³/mol. The third kappa shape index (κ3) is 5.56. The molecule has 1 aliphatic carbocycles. The molecule has 0 heterocycles. The van der Waals surface area contributed by atoms with Crippen molar-refractivity contribution in [1.29, 1.82) is 0 Å². The molecule has 2 nitrogen and oxygen atoms in total. The molecule has 3 aromatic carbocycles. The quantitative estimate of drug-likeness (QED) is 0.340. The van der Waals surface area contributed by atoms with Crippen LogP contribution in [0, 0.1) is 23.4 Å². The summed E-state index contributed by atoms with van der Waals surface area (Å²) in [6, 6.07) is 15.9. The van der Waals surface area contributed by atoms with E-state index >= 15 is 4.39 Å². The Bertz CT molecular complexity index is 1140. The van der Waals surface area contributed by atoms with Crippen LogP contribution in [0.3, 0.4) is 0 Å². The summed E-state index contributed by atoms with van der Waals surface area (Å²) in [5, 5.41) is 2.87. The molecule has 5 heteroatoms. The average molecular weight is 481 g/mol. The van der Waals surface area contributed by atoms with Gasteiger partial charge in [0.05, 0.1) is 5.69 Å². The molecule has 1 unspecified atom stereocenters. The van der Waals surface area contributed by atoms with E-state index in [0.29, 0.717) is 35.5 Å². The Kier molecular flexibility index (Phi) is 8.17. The Labute approximate surface area is 206 Å². The number of nitrogens with two attached hydrogens (primary N) is 1. The Hall–Kier alpha value is -2.79. The van der Waals surface area contributed by atoms with E-state index in [1.165, 1.54) is 23.8 Å². The molecule has 0 saturated heterocycles. The lowest BCUT2D eigenvalue weighted by molar-refractivity contribution is 0.277. The molecule has 186 valence electrons. The number of hydrogen-bond acceptors (Lipinski definition) is 2. The minimum atomic E-state index is -0.975. The predicted octanol–water partition coefficient (Wildman–Crippen LogP) is 8.27. The smallest absolute Gasteiger partial charge is 0.182 e. The molecule has 0 amide bonds. The van der Waals surface area contributed by atoms with E-state index in [9.17, 15) is 8.78 Å². The molecule has 3 N–H and O–H groups in total. The molecule has 1 aliphatic rings. The van der Waals surface area contributed by atoms with Gasteiger partial charge in [-0.15, -0.1) is 0 Å². The number of anilines is 1. The lowest BCUT2D eigenvalue weighted by Crippen LogP contribution is -2.32. The average Bonchev–Trinajstić information content (AvgIpc) is 2.89. The molecule has 1 atom stereocenters. The number of rotatable bonds is 8. The lowest BCUT2D eigenvalue weighted by Gasteiger charge is -2.32. The van der Waals surface area contributed by atoms with Gasteiger partial charge in [-0.2, -0.15) is 0 Å². The molecule has 0 radical (unpaired) electrons. The highest BCUT2D eigenvalue weighted by Gasteiger charge is 2.25. The molecule has 0 bridgehead atoms. The van der Waals surface area contributed by atoms with Crippen molar-refractivity contribution in [3.05, 3.63) is 77.6 Å². The van der Waals surface area contributed by atoms with E-state index in [2.05, 4.69) is 24.4 Å². The highest BCUT2D eigenvalue weighted by molar-refractivity contribution is 5.72. The van der Waals surface area contributed by atoms with Gasteiger partial charge in [-0.05, 0) is 85.3 Å². The van der Waals surface area contributed by atoms with Crippen LogP contribution in [0.5, 0.6) is 0 Å². The van der Waals surface area contributed by atoms with Crippen LogP contribution in [0.25, 0.3) is 22.3 Å². The highest BCUT2D eigenvalue weighted by Crippen LogP contribution is 2.38. The second-order valence-electron chi connectivity index (χ2n) is 9.72. The summed E-state index contributed by atoms with van der Waals surface area (Å²) >= 11 is 0. The summed E-state index contributed by atoms with van der Waals surface area (Å²) in [6.07, 6.45) is 6.41. The first kappa shape index (κ1) is 25.3. The van der Waals surface area contributed by atoms with Gasteiger partial charge in [0.2, 0.25) is 0 Å². The third-order valence-electron chi connectivity index (χ3n) is 7.47. The van der Waals surface area contributed by atoms with E-state index in [-0.39, 0.29) is 11.3 Å². The van der Waals surface area contributed by atoms with Gasteiger partial charge in [-0.25, -0.2) is 13.2 Å². The number of nitrogens with one attached hydrogen (secondary N) is 1. The van der Waals surface area contributed by atoms with E-state index in [1.807, 2.05) is 19.1 Å². The molecule has 4 rings (SSSR count). The number of hydrogen-bond donors (Lipinski definition) is 2. The molecule has 0 aromatic heterocycles. The third-order valence-corrected chi connectivity index (χ3v) is 7.47. The van der Waals surface area contributed by atoms with E-state index in [4.69, 9.17) is 5.73 Å². The fourth-order valence-corrected chi connectivity index (χ4v) is 5.23. The van der Waals surface area contributed by atoms with E-state index < -0.39 is 17.5 Å². The van der Waals surface area contributed by atoms with Crippen LogP contribution in [0.2, 0.25) is 0 Å². The summed E-state index contributed by atoms with van der Waals surface area (Å²) in [6.45, 7) is 4.64. The minimum absolute atomic E-state index is 0.0451. The molecule has 3 aromatic rings. The van der Waals surface area contributed by atoms with Crippen LogP contribution in [0.4, 0.5) is 18.9 Å². The van der Waals surface area contributed by atoms with Crippen molar-refractivity contribution in [2.45, 2.75) is 64.3 Å². The number of benzene rings is 3. The standard InChI is InChI=1S/C30H35F3N2/c1-3-17-35-28-16-15-25(29(32)30(28)33)23-13-14-24(26(31)18-23)21-9-5-19(6-10-21)20-7-11-22(12-8-20)27(34)4-2/h5-6,9-10,13-16,18,20,22,27,35H,3-4,7-8,11-12,17,34H2,1-2H3. The molecule has 35 heavy (non-hydrogen) atoms. The molecular weight excluding hydrogens is 445 g/mol. The van der Waals surface area contributed by atoms with Crippen molar-refractivity contribution in [2.24, 2.45) is 11.7 Å². The van der Waals surface area contributed by atoms with E-state index in [0.717, 1.165) is 44.1 Å². The van der Waals surface area contributed by atoms with Crippen LogP contribution in [0.1, 0.15) is 63.9 Å². The Balaban J connectivity index is 1.49. The molecule has 0 spiro atoms. The second-order valence-corrected chi connectivity index (χ2v) is 9.72. The summed E-state index contributed by atoms with van der Waals surface area (Å²) in [5.74, 6) is -1.24. The summed E-state index contributed by atoms with van der Waals surface area (Å²) in [4.78, 5) is 0. The fraction of sp³-hybridized carbons (Fsp3) is 0.400. The van der Waals surface area contributed by atoms with Crippen LogP contribution >= 0.6 is 0 Å². The zero-order valence-corrected chi connectivity index (χ0v) is 20.6. The monoisotopic (exact) mass is 480 g/mol. The van der Waals surface area contributed by atoms with Gasteiger partial charge in [0, 0.05) is 23.7 Å². The summed E-state index contributed by atoms with van der Waals surface area (Å²) in [5.41, 5.74) is 9.21. The maximum Gasteiger partial charge on any atom is 0.182 e. The first-order chi connectivity index (χ1) is 16.9. The van der Waals surface area contributed by atoms with Gasteiger partial charge in [-0.1, -0.05) is 50.2 Å². The van der Waals surface area contributed by atoms with Crippen molar-refractivity contribution in [3.8, 4) is 22.3 Å². The molecular formula is C30H35F3N2. The molecule has 1 fully saturated rings. The molecule has 0 aliphatic heterocycles. The second kappa shape index (κ2) is 11.3. The summed E-state index contributed by atoms with van der Waals surface area (Å²) < 4.78 is 44.2. The van der Waals surface area contributed by atoms with Gasteiger partial charge in [0.15, 0.2) is 11.6 Å². The van der Waals surface area contributed by atoms with Gasteiger partial charge in [0.1, 0.15) is 5.82 Å². The van der Waals surface area contributed by atoms with Crippen LogP contribution < -0.4 is 11.1 Å². The van der Waals surface area contributed by atoms with Crippen molar-refractivity contribution in [2.75, 3.05) is 11.9 Å². The highest BCUT2D eigenvalue weighted by atomic mass is 19.2. The van der Waals surface area contributed by atoms with Gasteiger partial charge >= 0.3 is 0 Å². The van der Waals surface area contributed by atoms with Gasteiger partial charge in [0.25, 0.3) is 0 Å². The lowest BCUT2D eigenvalue weighted by atomic mass is 9.75. The first-order valence-corrected chi connectivity index (χ1v) is 12.8. The fourth-order valence-electron chi connectivity index (χ4n) is 5.23. The van der Waals surface area contributed by atoms with Crippen molar-refractivity contribution in [3.63, 3.8) is 0 Å². The van der Waals surface area contributed by atoms with Crippen molar-refractivity contribution >= 4 is 5.69 Å². The maximum absolute atomic E-state index is 15.1.